The Kier molecular flexibility index (Phi) is 7.37. The van der Waals surface area contributed by atoms with Gasteiger partial charge >= 0.3 is 176 Å². The first-order valence-electron chi connectivity index (χ1n) is 9.19. The summed E-state index contributed by atoms with van der Waals surface area (Å²) < 4.78 is 14.5. The van der Waals surface area contributed by atoms with Crippen molar-refractivity contribution in [3.05, 3.63) is 66.4 Å². The van der Waals surface area contributed by atoms with Crippen LogP contribution in [0.3, 0.4) is 0 Å². The molecule has 0 spiro atoms. The van der Waals surface area contributed by atoms with Crippen LogP contribution in [0.4, 0.5) is 0 Å². The van der Waals surface area contributed by atoms with E-state index < -0.39 is 0 Å². The molecule has 0 fully saturated rings. The monoisotopic (exact) mass is 549 g/mol. The van der Waals surface area contributed by atoms with Crippen LogP contribution in [0.2, 0.25) is 0 Å². The van der Waals surface area contributed by atoms with E-state index in [0.29, 0.717) is 23.7 Å². The van der Waals surface area contributed by atoms with E-state index >= 15 is 0 Å². The van der Waals surface area contributed by atoms with Crippen LogP contribution in [0, 0.1) is 0 Å². The fourth-order valence-corrected chi connectivity index (χ4v) is 3.76. The van der Waals surface area contributed by atoms with Crippen LogP contribution in [0.15, 0.2) is 55.0 Å². The fraction of sp³-hybridized carbons (Fsp3) is 0.286. The van der Waals surface area contributed by atoms with E-state index in [1.165, 1.54) is 19.4 Å². The number of benzene rings is 1. The van der Waals surface area contributed by atoms with Crippen LogP contribution in [-0.2, 0) is 25.9 Å². The number of carbonyl (C=O) groups excluding carboxylic acids is 1. The standard InChI is InChI=1S/C21H23N3O3.W/c1-26-17-9-10-19-18(16-17)21(25)23-11-5-2-4-8-20-22-12-14-24(20)13-6-3-7-15-27-19;/h2,4-5,9-12,14,16H,3,6-7,13,15H2,1H3,(H,23,25);. The normalized spacial score (nSPS) is 15.8. The molecule has 0 unspecified atom stereocenters. The molecular weight excluding hydrogens is 526 g/mol. The minimum atomic E-state index is -0.232. The van der Waals surface area contributed by atoms with Gasteiger partial charge in [0.1, 0.15) is 0 Å². The molecule has 146 valence electrons. The molecule has 2 heterocycles. The van der Waals surface area contributed by atoms with Crippen molar-refractivity contribution in [2.24, 2.45) is 0 Å². The third-order valence-corrected chi connectivity index (χ3v) is 5.48. The summed E-state index contributed by atoms with van der Waals surface area (Å²) in [7, 11) is 1.58. The summed E-state index contributed by atoms with van der Waals surface area (Å²) in [5, 5.41) is 2.78. The van der Waals surface area contributed by atoms with Crippen molar-refractivity contribution in [2.45, 2.75) is 25.8 Å². The number of imidazole rings is 1. The van der Waals surface area contributed by atoms with Crippen LogP contribution in [-0.4, -0.2) is 33.1 Å². The number of hydrogen-bond acceptors (Lipinski definition) is 4. The summed E-state index contributed by atoms with van der Waals surface area (Å²) in [6.07, 6.45) is 14.2. The summed E-state index contributed by atoms with van der Waals surface area (Å²) >= 11 is 1.35. The van der Waals surface area contributed by atoms with E-state index in [1.54, 1.807) is 37.6 Å². The van der Waals surface area contributed by atoms with Gasteiger partial charge in [-0.1, -0.05) is 0 Å². The van der Waals surface area contributed by atoms with Crippen molar-refractivity contribution in [1.82, 2.24) is 14.9 Å². The molecule has 1 aromatic carbocycles. The van der Waals surface area contributed by atoms with Crippen molar-refractivity contribution < 1.29 is 33.6 Å². The van der Waals surface area contributed by atoms with Gasteiger partial charge in [0, 0.05) is 0 Å². The number of carbonyl (C=O) groups is 1. The van der Waals surface area contributed by atoms with Gasteiger partial charge in [-0.2, -0.15) is 0 Å². The van der Waals surface area contributed by atoms with Gasteiger partial charge in [-0.15, -0.1) is 0 Å². The summed E-state index contributed by atoms with van der Waals surface area (Å²) in [6.45, 7) is 1.50. The predicted octanol–water partition coefficient (Wildman–Crippen LogP) is 3.02. The van der Waals surface area contributed by atoms with Crippen LogP contribution < -0.4 is 14.8 Å². The average molecular weight is 549 g/mol. The van der Waals surface area contributed by atoms with Gasteiger partial charge in [-0.05, 0) is 0 Å². The molecule has 2 aromatic rings. The van der Waals surface area contributed by atoms with E-state index in [-0.39, 0.29) is 5.91 Å². The fourth-order valence-electron chi connectivity index (χ4n) is 2.87. The Labute approximate surface area is 175 Å². The molecule has 0 bridgehead atoms. The predicted molar refractivity (Wildman–Crippen MR) is 104 cm³/mol. The maximum atomic E-state index is 12.6. The maximum absolute atomic E-state index is 12.6. The van der Waals surface area contributed by atoms with Crippen molar-refractivity contribution in [2.75, 3.05) is 13.7 Å². The van der Waals surface area contributed by atoms with Gasteiger partial charge in [0.15, 0.2) is 0 Å². The van der Waals surface area contributed by atoms with E-state index in [0.717, 1.165) is 35.5 Å². The van der Waals surface area contributed by atoms with E-state index in [1.807, 2.05) is 24.5 Å². The summed E-state index contributed by atoms with van der Waals surface area (Å²) in [6, 6.07) is 5.28. The van der Waals surface area contributed by atoms with Gasteiger partial charge in [0.2, 0.25) is 0 Å². The zero-order chi connectivity index (χ0) is 19.8. The number of methoxy groups -OCH3 is 1. The second-order valence-electron chi connectivity index (χ2n) is 6.27. The minimum absolute atomic E-state index is 0.232. The molecule has 0 aliphatic carbocycles. The van der Waals surface area contributed by atoms with Crippen LogP contribution in [0.5, 0.6) is 11.5 Å². The number of rotatable bonds is 1. The van der Waals surface area contributed by atoms with Gasteiger partial charge < -0.3 is 0 Å². The van der Waals surface area contributed by atoms with Crippen molar-refractivity contribution >= 4 is 9.81 Å². The number of amides is 1. The molecule has 0 atom stereocenters. The zero-order valence-electron chi connectivity index (χ0n) is 15.8. The number of fused-ring (bicyclic) bond motifs is 2. The second-order valence-corrected chi connectivity index (χ2v) is 7.85. The Morgan fingerprint density at radius 3 is 3.00 bits per heavy atom. The number of allylic oxidation sites excluding steroid dienone is 3. The van der Waals surface area contributed by atoms with Gasteiger partial charge in [0.05, 0.1) is 0 Å². The molecule has 1 aliphatic rings. The summed E-state index contributed by atoms with van der Waals surface area (Å²) in [4.78, 5) is 17.1. The zero-order valence-corrected chi connectivity index (χ0v) is 18.7. The first-order valence-corrected chi connectivity index (χ1v) is 10.7. The van der Waals surface area contributed by atoms with Gasteiger partial charge in [0.25, 0.3) is 0 Å². The molecule has 7 heteroatoms. The third kappa shape index (κ3) is 5.29. The van der Waals surface area contributed by atoms with E-state index in [4.69, 9.17) is 9.47 Å². The molecule has 1 N–H and O–H groups in total. The third-order valence-electron chi connectivity index (χ3n) is 4.34. The molecule has 0 saturated carbocycles. The van der Waals surface area contributed by atoms with Crippen molar-refractivity contribution in [1.29, 1.82) is 0 Å². The Morgan fingerprint density at radius 2 is 2.14 bits per heavy atom. The number of nitrogens with zero attached hydrogens (tertiary/aromatic N) is 2. The molecule has 1 aliphatic heterocycles. The average Bonchev–Trinajstić information content (AvgIpc) is 3.18. The second kappa shape index (κ2) is 10.2. The molecule has 28 heavy (non-hydrogen) atoms. The van der Waals surface area contributed by atoms with Crippen molar-refractivity contribution in [3.8, 4) is 11.5 Å². The first kappa shape index (κ1) is 20.3. The molecule has 0 radical (unpaired) electrons. The first-order chi connectivity index (χ1) is 13.7. The van der Waals surface area contributed by atoms with Gasteiger partial charge in [-0.3, -0.25) is 0 Å². The molecule has 1 aromatic heterocycles. The van der Waals surface area contributed by atoms with E-state index in [9.17, 15) is 4.79 Å². The van der Waals surface area contributed by atoms with Crippen LogP contribution >= 0.6 is 0 Å². The number of nitrogens with one attached hydrogen (secondary N) is 1. The molecule has 3 rings (SSSR count). The van der Waals surface area contributed by atoms with Gasteiger partial charge in [-0.25, -0.2) is 0 Å². The van der Waals surface area contributed by atoms with E-state index in [2.05, 4.69) is 14.9 Å². The Hall–Kier alpha value is -2.46. The van der Waals surface area contributed by atoms with Crippen LogP contribution in [0.25, 0.3) is 0 Å². The molecule has 6 nitrogen and oxygen atoms in total. The number of aryl methyl sites for hydroxylation is 1. The number of aromatic nitrogens is 2. The molecular formula is C21H23N3O3W. The summed E-state index contributed by atoms with van der Waals surface area (Å²) in [5.74, 6) is 1.96. The number of hydrogen-bond donors (Lipinski definition) is 1. The molecule has 1 amide bonds. The summed E-state index contributed by atoms with van der Waals surface area (Å²) in [5.41, 5.74) is 0.463. The Bertz CT molecular complexity index is 902. The van der Waals surface area contributed by atoms with Crippen molar-refractivity contribution in [3.63, 3.8) is 0 Å². The van der Waals surface area contributed by atoms with Crippen LogP contribution in [0.1, 0.15) is 35.4 Å². The topological polar surface area (TPSA) is 65.4 Å². The Balaban J connectivity index is 1.80. The molecule has 0 saturated heterocycles. The quantitative estimate of drug-likeness (QED) is 0.595. The SMILES string of the molecule is COc1ccc2c(c1)C(=O)NC=CC=C[C](=[W])c1nccn1CCCCCO2. The Morgan fingerprint density at radius 1 is 1.25 bits per heavy atom. The number of ether oxygens (including phenoxy) is 2.